The molecule has 15 heavy (non-hydrogen) atoms. The minimum atomic E-state index is -4.33. The largest absolute Gasteiger partial charge is 0.466 e. The van der Waals surface area contributed by atoms with Gasteiger partial charge in [0.25, 0.3) is 0 Å². The lowest BCUT2D eigenvalue weighted by Gasteiger charge is -2.01. The van der Waals surface area contributed by atoms with E-state index in [9.17, 15) is 17.1 Å². The molecule has 0 N–H and O–H groups in total. The van der Waals surface area contributed by atoms with Crippen molar-refractivity contribution in [3.8, 4) is 0 Å². The Morgan fingerprint density at radius 2 is 1.80 bits per heavy atom. The maximum absolute atomic E-state index is 12.0. The third-order valence-corrected chi connectivity index (χ3v) is 2.60. The first-order chi connectivity index (χ1) is 6.95. The Kier molecular flexibility index (Phi) is 7.29. The molecule has 0 saturated heterocycles. The van der Waals surface area contributed by atoms with Crippen LogP contribution >= 0.6 is 0 Å². The molecule has 0 saturated carbocycles. The molecule has 0 bridgehead atoms. The SMILES string of the molecule is CCOC(=O)CCCCCCS(=O)(=O)F. The Labute approximate surface area is 90.0 Å². The molecule has 90 valence electrons. The first kappa shape index (κ1) is 14.3. The van der Waals surface area contributed by atoms with Crippen molar-refractivity contribution in [2.75, 3.05) is 12.4 Å². The zero-order chi connectivity index (χ0) is 11.7. The number of hydrogen-bond donors (Lipinski definition) is 0. The summed E-state index contributed by atoms with van der Waals surface area (Å²) in [6, 6.07) is 0. The maximum Gasteiger partial charge on any atom is 0.305 e. The van der Waals surface area contributed by atoms with Crippen LogP contribution in [-0.4, -0.2) is 26.7 Å². The van der Waals surface area contributed by atoms with E-state index < -0.39 is 16.0 Å². The number of halogens is 1. The number of carbonyl (C=O) groups is 1. The van der Waals surface area contributed by atoms with Crippen LogP contribution in [0, 0.1) is 0 Å². The molecule has 0 rings (SSSR count). The van der Waals surface area contributed by atoms with Gasteiger partial charge in [-0.2, -0.15) is 8.42 Å². The molecule has 0 aliphatic carbocycles. The van der Waals surface area contributed by atoms with Crippen LogP contribution in [0.25, 0.3) is 0 Å². The van der Waals surface area contributed by atoms with E-state index >= 15 is 0 Å². The summed E-state index contributed by atoms with van der Waals surface area (Å²) in [5.74, 6) is -0.664. The summed E-state index contributed by atoms with van der Waals surface area (Å²) < 4.78 is 37.0. The summed E-state index contributed by atoms with van der Waals surface area (Å²) in [7, 11) is -4.33. The summed E-state index contributed by atoms with van der Waals surface area (Å²) in [6.07, 6.45) is 2.64. The van der Waals surface area contributed by atoms with Crippen molar-refractivity contribution in [1.82, 2.24) is 0 Å². The molecular weight excluding hydrogens is 223 g/mol. The summed E-state index contributed by atoms with van der Waals surface area (Å²) in [5, 5.41) is 0. The molecule has 0 aliphatic heterocycles. The van der Waals surface area contributed by atoms with Crippen molar-refractivity contribution < 1.29 is 21.8 Å². The fourth-order valence-electron chi connectivity index (χ4n) is 1.13. The van der Waals surface area contributed by atoms with Crippen LogP contribution in [0.5, 0.6) is 0 Å². The third-order valence-electron chi connectivity index (χ3n) is 1.82. The van der Waals surface area contributed by atoms with Crippen molar-refractivity contribution in [3.63, 3.8) is 0 Å². The predicted octanol–water partition coefficient (Wildman–Crippen LogP) is 1.80. The van der Waals surface area contributed by atoms with Crippen LogP contribution < -0.4 is 0 Å². The highest BCUT2D eigenvalue weighted by atomic mass is 32.3. The average molecular weight is 240 g/mol. The highest BCUT2D eigenvalue weighted by Gasteiger charge is 2.06. The summed E-state index contributed by atoms with van der Waals surface area (Å²) in [4.78, 5) is 10.9. The smallest absolute Gasteiger partial charge is 0.305 e. The molecule has 0 fully saturated rings. The second-order valence-corrected chi connectivity index (χ2v) is 4.70. The van der Waals surface area contributed by atoms with Gasteiger partial charge in [0.15, 0.2) is 0 Å². The lowest BCUT2D eigenvalue weighted by Crippen LogP contribution is -2.03. The molecule has 4 nitrogen and oxygen atoms in total. The predicted molar refractivity (Wildman–Crippen MR) is 54.6 cm³/mol. The Morgan fingerprint density at radius 1 is 1.20 bits per heavy atom. The molecule has 6 heteroatoms. The van der Waals surface area contributed by atoms with Gasteiger partial charge in [-0.15, -0.1) is 3.89 Å². The Morgan fingerprint density at radius 3 is 2.33 bits per heavy atom. The molecule has 0 aromatic carbocycles. The average Bonchev–Trinajstić information content (AvgIpc) is 2.09. The minimum Gasteiger partial charge on any atom is -0.466 e. The minimum absolute atomic E-state index is 0.240. The number of ether oxygens (including phenoxy) is 1. The summed E-state index contributed by atoms with van der Waals surface area (Å²) in [5.41, 5.74) is 0. The van der Waals surface area contributed by atoms with E-state index in [1.165, 1.54) is 0 Å². The Balaban J connectivity index is 3.29. The van der Waals surface area contributed by atoms with E-state index in [2.05, 4.69) is 0 Å². The first-order valence-corrected chi connectivity index (χ1v) is 6.59. The molecule has 0 amide bonds. The lowest BCUT2D eigenvalue weighted by atomic mass is 10.1. The zero-order valence-electron chi connectivity index (χ0n) is 8.87. The topological polar surface area (TPSA) is 60.4 Å². The van der Waals surface area contributed by atoms with E-state index in [-0.39, 0.29) is 5.97 Å². The molecule has 0 spiro atoms. The maximum atomic E-state index is 12.0. The van der Waals surface area contributed by atoms with E-state index in [0.29, 0.717) is 38.7 Å². The fourth-order valence-corrected chi connectivity index (χ4v) is 1.68. The molecule has 0 aliphatic rings. The molecule has 0 aromatic rings. The van der Waals surface area contributed by atoms with Gasteiger partial charge in [-0.3, -0.25) is 4.79 Å². The first-order valence-electron chi connectivity index (χ1n) is 5.03. The van der Waals surface area contributed by atoms with Crippen LogP contribution in [0.2, 0.25) is 0 Å². The summed E-state index contributed by atoms with van der Waals surface area (Å²) >= 11 is 0. The van der Waals surface area contributed by atoms with E-state index in [4.69, 9.17) is 4.74 Å². The van der Waals surface area contributed by atoms with Gasteiger partial charge in [-0.05, 0) is 19.8 Å². The van der Waals surface area contributed by atoms with Crippen LogP contribution in [0.1, 0.15) is 39.0 Å². The van der Waals surface area contributed by atoms with Crippen LogP contribution in [0.3, 0.4) is 0 Å². The van der Waals surface area contributed by atoms with Gasteiger partial charge in [0, 0.05) is 6.42 Å². The van der Waals surface area contributed by atoms with Crippen LogP contribution in [-0.2, 0) is 19.8 Å². The molecule has 0 heterocycles. The standard InChI is InChI=1S/C9H17FO4S/c1-2-14-9(11)7-5-3-4-6-8-15(10,12)13/h2-8H2,1H3. The van der Waals surface area contributed by atoms with E-state index in [0.717, 1.165) is 0 Å². The van der Waals surface area contributed by atoms with E-state index in [1.54, 1.807) is 6.92 Å². The van der Waals surface area contributed by atoms with Gasteiger partial charge < -0.3 is 4.74 Å². The highest BCUT2D eigenvalue weighted by molar-refractivity contribution is 7.86. The van der Waals surface area contributed by atoms with Crippen molar-refractivity contribution in [3.05, 3.63) is 0 Å². The summed E-state index contributed by atoms with van der Waals surface area (Å²) in [6.45, 7) is 2.11. The van der Waals surface area contributed by atoms with Crippen molar-refractivity contribution in [1.29, 1.82) is 0 Å². The van der Waals surface area contributed by atoms with Gasteiger partial charge >= 0.3 is 16.2 Å². The zero-order valence-corrected chi connectivity index (χ0v) is 9.69. The number of rotatable bonds is 8. The van der Waals surface area contributed by atoms with Gasteiger partial charge in [-0.25, -0.2) is 0 Å². The van der Waals surface area contributed by atoms with Crippen molar-refractivity contribution >= 4 is 16.2 Å². The fraction of sp³-hybridized carbons (Fsp3) is 0.889. The number of unbranched alkanes of at least 4 members (excludes halogenated alkanes) is 3. The van der Waals surface area contributed by atoms with Crippen LogP contribution in [0.15, 0.2) is 0 Å². The number of carbonyl (C=O) groups excluding carboxylic acids is 1. The van der Waals surface area contributed by atoms with Crippen molar-refractivity contribution in [2.45, 2.75) is 39.0 Å². The van der Waals surface area contributed by atoms with Gasteiger partial charge in [-0.1, -0.05) is 12.8 Å². The van der Waals surface area contributed by atoms with Crippen LogP contribution in [0.4, 0.5) is 3.89 Å². The Hall–Kier alpha value is -0.650. The quantitative estimate of drug-likeness (QED) is 0.369. The second kappa shape index (κ2) is 7.62. The van der Waals surface area contributed by atoms with E-state index in [1.807, 2.05) is 0 Å². The van der Waals surface area contributed by atoms with Gasteiger partial charge in [0.05, 0.1) is 12.4 Å². The number of esters is 1. The highest BCUT2D eigenvalue weighted by Crippen LogP contribution is 2.06. The molecule has 0 atom stereocenters. The molecule has 0 unspecified atom stereocenters. The molecule has 0 radical (unpaired) electrons. The normalized spacial score (nSPS) is 11.3. The lowest BCUT2D eigenvalue weighted by molar-refractivity contribution is -0.143. The van der Waals surface area contributed by atoms with Crippen molar-refractivity contribution in [2.24, 2.45) is 0 Å². The molecule has 0 aromatic heterocycles. The third kappa shape index (κ3) is 11.3. The van der Waals surface area contributed by atoms with Gasteiger partial charge in [0.1, 0.15) is 0 Å². The Bertz CT molecular complexity index is 274. The second-order valence-electron chi connectivity index (χ2n) is 3.21. The molecular formula is C9H17FO4S. The number of hydrogen-bond acceptors (Lipinski definition) is 4. The monoisotopic (exact) mass is 240 g/mol. The van der Waals surface area contributed by atoms with Gasteiger partial charge in [0.2, 0.25) is 0 Å².